The van der Waals surface area contributed by atoms with E-state index in [1.807, 2.05) is 12.1 Å². The number of H-pyrrole nitrogens is 1. The van der Waals surface area contributed by atoms with E-state index in [1.54, 1.807) is 25.7 Å². The fourth-order valence-electron chi connectivity index (χ4n) is 2.58. The topological polar surface area (TPSA) is 124 Å². The van der Waals surface area contributed by atoms with E-state index in [0.717, 1.165) is 11.1 Å². The van der Waals surface area contributed by atoms with E-state index in [4.69, 9.17) is 20.9 Å². The lowest BCUT2D eigenvalue weighted by Crippen LogP contribution is -2.39. The maximum absolute atomic E-state index is 6.06. The maximum atomic E-state index is 6.06. The number of nitrogens with two attached hydrogens (primary N) is 2. The van der Waals surface area contributed by atoms with Crippen LogP contribution in [0.5, 0.6) is 11.5 Å². The van der Waals surface area contributed by atoms with Gasteiger partial charge >= 0.3 is 0 Å². The number of benzene rings is 1. The van der Waals surface area contributed by atoms with Gasteiger partial charge in [0.1, 0.15) is 17.3 Å². The zero-order valence-electron chi connectivity index (χ0n) is 14.4. The van der Waals surface area contributed by atoms with Crippen LogP contribution in [0.3, 0.4) is 0 Å². The lowest BCUT2D eigenvalue weighted by molar-refractivity contribution is 0.371. The molecular formula is C17H22N6O2. The summed E-state index contributed by atoms with van der Waals surface area (Å²) >= 11 is 0. The first kappa shape index (κ1) is 16.8. The summed E-state index contributed by atoms with van der Waals surface area (Å²) < 4.78 is 11.6. The number of aliphatic imine (C=N–C) groups is 1. The van der Waals surface area contributed by atoms with Gasteiger partial charge in [-0.3, -0.25) is 0 Å². The third-order valence-corrected chi connectivity index (χ3v) is 3.87. The van der Waals surface area contributed by atoms with Crippen molar-refractivity contribution in [2.75, 3.05) is 7.11 Å². The van der Waals surface area contributed by atoms with Gasteiger partial charge in [0.15, 0.2) is 17.9 Å². The molecule has 1 unspecified atom stereocenters. The molecule has 0 saturated carbocycles. The van der Waals surface area contributed by atoms with Gasteiger partial charge in [-0.25, -0.2) is 9.98 Å². The zero-order chi connectivity index (χ0) is 18.0. The largest absolute Gasteiger partial charge is 0.496 e. The summed E-state index contributed by atoms with van der Waals surface area (Å²) in [5.74, 6) is 3.03. The number of imidazole rings is 1. The minimum Gasteiger partial charge on any atom is -0.496 e. The molecule has 132 valence electrons. The van der Waals surface area contributed by atoms with Crippen LogP contribution in [0.1, 0.15) is 25.3 Å². The third-order valence-electron chi connectivity index (χ3n) is 3.87. The second kappa shape index (κ2) is 6.86. The van der Waals surface area contributed by atoms with Crippen molar-refractivity contribution < 1.29 is 9.47 Å². The summed E-state index contributed by atoms with van der Waals surface area (Å²) in [6, 6.07) is 3.85. The molecule has 0 aliphatic carbocycles. The Morgan fingerprint density at radius 1 is 1.24 bits per heavy atom. The second-order valence-corrected chi connectivity index (χ2v) is 5.94. The molecular weight excluding hydrogens is 320 g/mol. The predicted molar refractivity (Wildman–Crippen MR) is 96.1 cm³/mol. The SMILES string of the molecule is COc1cc(C(C)C)c(OC2=CNC(N)=NC2N)cc1-c1ncc[nH]1. The maximum Gasteiger partial charge on any atom is 0.194 e. The van der Waals surface area contributed by atoms with Crippen LogP contribution in [-0.4, -0.2) is 29.2 Å². The number of guanidine groups is 1. The smallest absolute Gasteiger partial charge is 0.194 e. The molecule has 0 bridgehead atoms. The highest BCUT2D eigenvalue weighted by Crippen LogP contribution is 2.38. The van der Waals surface area contributed by atoms with Crippen molar-refractivity contribution in [2.45, 2.75) is 25.9 Å². The van der Waals surface area contributed by atoms with E-state index in [0.29, 0.717) is 23.1 Å². The van der Waals surface area contributed by atoms with E-state index >= 15 is 0 Å². The number of nitrogens with one attached hydrogen (secondary N) is 2. The minimum atomic E-state index is -0.657. The number of hydrogen-bond donors (Lipinski definition) is 4. The Morgan fingerprint density at radius 2 is 2.04 bits per heavy atom. The molecule has 0 radical (unpaired) electrons. The van der Waals surface area contributed by atoms with E-state index in [2.05, 4.69) is 34.1 Å². The number of rotatable bonds is 5. The van der Waals surface area contributed by atoms with Gasteiger partial charge in [0.25, 0.3) is 0 Å². The van der Waals surface area contributed by atoms with Crippen molar-refractivity contribution in [3.8, 4) is 22.9 Å². The Bertz CT molecular complexity index is 811. The molecule has 8 heteroatoms. The second-order valence-electron chi connectivity index (χ2n) is 5.94. The van der Waals surface area contributed by atoms with E-state index < -0.39 is 6.17 Å². The molecule has 1 aromatic heterocycles. The monoisotopic (exact) mass is 342 g/mol. The molecule has 1 aromatic carbocycles. The van der Waals surface area contributed by atoms with Crippen molar-refractivity contribution >= 4 is 5.96 Å². The Balaban J connectivity index is 2.04. The van der Waals surface area contributed by atoms with Gasteiger partial charge in [-0.05, 0) is 18.1 Å². The molecule has 0 amide bonds. The van der Waals surface area contributed by atoms with Crippen molar-refractivity contribution in [3.63, 3.8) is 0 Å². The molecule has 3 rings (SSSR count). The third kappa shape index (κ3) is 3.43. The molecule has 25 heavy (non-hydrogen) atoms. The van der Waals surface area contributed by atoms with Crippen LogP contribution in [-0.2, 0) is 0 Å². The lowest BCUT2D eigenvalue weighted by atomic mass is 9.99. The molecule has 6 N–H and O–H groups in total. The molecule has 2 aromatic rings. The van der Waals surface area contributed by atoms with Crippen LogP contribution < -0.4 is 26.3 Å². The first-order chi connectivity index (χ1) is 12.0. The summed E-state index contributed by atoms with van der Waals surface area (Å²) in [5.41, 5.74) is 13.4. The van der Waals surface area contributed by atoms with Crippen molar-refractivity contribution in [1.29, 1.82) is 0 Å². The quantitative estimate of drug-likeness (QED) is 0.655. The number of aromatic amines is 1. The summed E-state index contributed by atoms with van der Waals surface area (Å²) in [6.45, 7) is 4.16. The van der Waals surface area contributed by atoms with E-state index in [-0.39, 0.29) is 11.9 Å². The molecule has 2 heterocycles. The molecule has 1 aliphatic heterocycles. The number of methoxy groups -OCH3 is 1. The molecule has 0 fully saturated rings. The first-order valence-corrected chi connectivity index (χ1v) is 7.94. The van der Waals surface area contributed by atoms with Gasteiger partial charge in [-0.15, -0.1) is 0 Å². The molecule has 1 atom stereocenters. The highest BCUT2D eigenvalue weighted by molar-refractivity contribution is 5.80. The van der Waals surface area contributed by atoms with Gasteiger partial charge in [0.2, 0.25) is 0 Å². The average molecular weight is 342 g/mol. The van der Waals surface area contributed by atoms with E-state index in [1.165, 1.54) is 0 Å². The van der Waals surface area contributed by atoms with Gasteiger partial charge < -0.3 is 31.2 Å². The first-order valence-electron chi connectivity index (χ1n) is 7.94. The Morgan fingerprint density at radius 3 is 2.64 bits per heavy atom. The number of aromatic nitrogens is 2. The highest BCUT2D eigenvalue weighted by Gasteiger charge is 2.21. The van der Waals surface area contributed by atoms with Gasteiger partial charge in [-0.2, -0.15) is 0 Å². The zero-order valence-corrected chi connectivity index (χ0v) is 14.4. The van der Waals surface area contributed by atoms with Crippen LogP contribution in [0.15, 0.2) is 41.5 Å². The Labute approximate surface area is 145 Å². The van der Waals surface area contributed by atoms with Gasteiger partial charge in [0, 0.05) is 24.2 Å². The fourth-order valence-corrected chi connectivity index (χ4v) is 2.58. The van der Waals surface area contributed by atoms with Crippen molar-refractivity contribution in [1.82, 2.24) is 15.3 Å². The van der Waals surface area contributed by atoms with Crippen LogP contribution in [0.2, 0.25) is 0 Å². The molecule has 0 saturated heterocycles. The van der Waals surface area contributed by atoms with Gasteiger partial charge in [0.05, 0.1) is 12.7 Å². The standard InChI is InChI=1S/C17H22N6O2/c1-9(2)10-6-12(24-3)11(16-20-4-5-21-16)7-13(10)25-14-8-22-17(19)23-15(14)18/h4-9,15H,18H2,1-3H3,(H,20,21)(H3,19,22,23). The summed E-state index contributed by atoms with van der Waals surface area (Å²) in [7, 11) is 1.63. The highest BCUT2D eigenvalue weighted by atomic mass is 16.5. The molecule has 0 spiro atoms. The van der Waals surface area contributed by atoms with Crippen LogP contribution >= 0.6 is 0 Å². The van der Waals surface area contributed by atoms with Gasteiger partial charge in [-0.1, -0.05) is 13.8 Å². The lowest BCUT2D eigenvalue weighted by Gasteiger charge is -2.22. The summed E-state index contributed by atoms with van der Waals surface area (Å²) in [6.07, 6.45) is 4.41. The molecule has 1 aliphatic rings. The minimum absolute atomic E-state index is 0.219. The van der Waals surface area contributed by atoms with Crippen LogP contribution in [0, 0.1) is 0 Å². The van der Waals surface area contributed by atoms with Crippen LogP contribution in [0.25, 0.3) is 11.4 Å². The van der Waals surface area contributed by atoms with Crippen LogP contribution in [0.4, 0.5) is 0 Å². The normalized spacial score (nSPS) is 16.9. The van der Waals surface area contributed by atoms with Crippen molar-refractivity contribution in [2.24, 2.45) is 16.5 Å². The van der Waals surface area contributed by atoms with Crippen molar-refractivity contribution in [3.05, 3.63) is 42.0 Å². The average Bonchev–Trinajstić information content (AvgIpc) is 3.11. The van der Waals surface area contributed by atoms with E-state index in [9.17, 15) is 0 Å². The molecule has 8 nitrogen and oxygen atoms in total. The summed E-state index contributed by atoms with van der Waals surface area (Å²) in [5, 5.41) is 2.81. The predicted octanol–water partition coefficient (Wildman–Crippen LogP) is 1.63. The number of ether oxygens (including phenoxy) is 2. The fraction of sp³-hybridized carbons (Fsp3) is 0.294. The Hall–Kier alpha value is -3.00. The Kier molecular flexibility index (Phi) is 4.62. The summed E-state index contributed by atoms with van der Waals surface area (Å²) in [4.78, 5) is 11.5. The number of nitrogens with zero attached hydrogens (tertiary/aromatic N) is 2. The number of hydrogen-bond acceptors (Lipinski definition) is 7.